The monoisotopic (exact) mass is 310 g/mol. The number of nitrogens with zero attached hydrogens (tertiary/aromatic N) is 1. The van der Waals surface area contributed by atoms with Crippen LogP contribution < -0.4 is 5.32 Å². The summed E-state index contributed by atoms with van der Waals surface area (Å²) >= 11 is 5.99. The molecule has 4 heteroatoms. The highest BCUT2D eigenvalue weighted by atomic mass is 35.5. The van der Waals surface area contributed by atoms with E-state index in [9.17, 15) is 0 Å². The lowest BCUT2D eigenvalue weighted by Crippen LogP contribution is -1.92. The summed E-state index contributed by atoms with van der Waals surface area (Å²) < 4.78 is 0. The molecule has 0 saturated carbocycles. The minimum absolute atomic E-state index is 0.0505. The van der Waals surface area contributed by atoms with Crippen molar-refractivity contribution in [3.63, 3.8) is 0 Å². The molecule has 0 saturated heterocycles. The molecule has 2 aromatic carbocycles. The Morgan fingerprint density at radius 1 is 0.909 bits per heavy atom. The van der Waals surface area contributed by atoms with Gasteiger partial charge in [-0.15, -0.1) is 0 Å². The van der Waals surface area contributed by atoms with Crippen LogP contribution in [0.4, 0.5) is 11.4 Å². The quantitative estimate of drug-likeness (QED) is 0.738. The number of anilines is 2. The normalized spacial score (nSPS) is 10.5. The molecular weight excluding hydrogens is 296 g/mol. The molecule has 0 aliphatic carbocycles. The zero-order valence-electron chi connectivity index (χ0n) is 11.8. The molecule has 1 aromatic heterocycles. The van der Waals surface area contributed by atoms with Crippen molar-refractivity contribution in [2.24, 2.45) is 0 Å². The highest BCUT2D eigenvalue weighted by Crippen LogP contribution is 2.25. The third-order valence-electron chi connectivity index (χ3n) is 3.32. The van der Waals surface area contributed by atoms with Gasteiger partial charge in [0.05, 0.1) is 18.5 Å². The molecule has 2 N–H and O–H groups in total. The lowest BCUT2D eigenvalue weighted by Gasteiger charge is -2.09. The minimum Gasteiger partial charge on any atom is -0.392 e. The summed E-state index contributed by atoms with van der Waals surface area (Å²) in [5, 5.41) is 13.1. The molecule has 0 unspecified atom stereocenters. The van der Waals surface area contributed by atoms with Gasteiger partial charge in [-0.05, 0) is 35.4 Å². The van der Waals surface area contributed by atoms with Gasteiger partial charge in [0.1, 0.15) is 0 Å². The third-order valence-corrected chi connectivity index (χ3v) is 3.56. The van der Waals surface area contributed by atoms with Crippen LogP contribution in [0.15, 0.2) is 67.0 Å². The van der Waals surface area contributed by atoms with E-state index in [2.05, 4.69) is 10.3 Å². The zero-order chi connectivity index (χ0) is 15.4. The van der Waals surface area contributed by atoms with Gasteiger partial charge >= 0.3 is 0 Å². The Balaban J connectivity index is 1.85. The van der Waals surface area contributed by atoms with Crippen LogP contribution in [0.5, 0.6) is 0 Å². The van der Waals surface area contributed by atoms with Crippen LogP contribution in [0.3, 0.4) is 0 Å². The van der Waals surface area contributed by atoms with Crippen LogP contribution >= 0.6 is 11.6 Å². The van der Waals surface area contributed by atoms with Crippen LogP contribution in [-0.2, 0) is 6.61 Å². The maximum Gasteiger partial charge on any atom is 0.0681 e. The summed E-state index contributed by atoms with van der Waals surface area (Å²) in [7, 11) is 0. The van der Waals surface area contributed by atoms with Crippen molar-refractivity contribution in [3.8, 4) is 11.1 Å². The fraction of sp³-hybridized carbons (Fsp3) is 0.0556. The first-order chi connectivity index (χ1) is 10.7. The first-order valence-corrected chi connectivity index (χ1v) is 7.30. The van der Waals surface area contributed by atoms with Crippen LogP contribution in [0.25, 0.3) is 11.1 Å². The molecular formula is C18H15ClN2O. The van der Waals surface area contributed by atoms with Crippen LogP contribution in [0.1, 0.15) is 5.56 Å². The van der Waals surface area contributed by atoms with Gasteiger partial charge in [-0.1, -0.05) is 41.9 Å². The van der Waals surface area contributed by atoms with Crippen LogP contribution in [-0.4, -0.2) is 10.1 Å². The Bertz CT molecular complexity index is 772. The van der Waals surface area contributed by atoms with Gasteiger partial charge in [0.15, 0.2) is 0 Å². The maximum atomic E-state index is 9.10. The first-order valence-electron chi connectivity index (χ1n) is 6.92. The Morgan fingerprint density at radius 3 is 2.45 bits per heavy atom. The fourth-order valence-electron chi connectivity index (χ4n) is 2.20. The van der Waals surface area contributed by atoms with Gasteiger partial charge in [0.2, 0.25) is 0 Å². The van der Waals surface area contributed by atoms with Crippen molar-refractivity contribution in [1.29, 1.82) is 0 Å². The number of aliphatic hydroxyl groups excluding tert-OH is 1. The Morgan fingerprint density at radius 2 is 1.73 bits per heavy atom. The minimum atomic E-state index is 0.0505. The average Bonchev–Trinajstić information content (AvgIpc) is 2.55. The standard InChI is InChI=1S/C18H15ClN2O/c19-16-2-1-3-17(9-16)21-18-8-15(10-20-11-18)14-6-4-13(12-22)5-7-14/h1-11,21-22H,12H2. The van der Waals surface area contributed by atoms with Crippen molar-refractivity contribution in [2.45, 2.75) is 6.61 Å². The molecule has 3 rings (SSSR count). The summed E-state index contributed by atoms with van der Waals surface area (Å²) in [6, 6.07) is 17.4. The van der Waals surface area contributed by atoms with Crippen molar-refractivity contribution in [1.82, 2.24) is 4.98 Å². The maximum absolute atomic E-state index is 9.10. The van der Waals surface area contributed by atoms with E-state index in [1.807, 2.05) is 60.8 Å². The molecule has 3 aromatic rings. The van der Waals surface area contributed by atoms with Gasteiger partial charge in [-0.2, -0.15) is 0 Å². The number of rotatable bonds is 4. The molecule has 1 heterocycles. The predicted molar refractivity (Wildman–Crippen MR) is 90.3 cm³/mol. The summed E-state index contributed by atoms with van der Waals surface area (Å²) in [5.74, 6) is 0. The molecule has 0 amide bonds. The van der Waals surface area contributed by atoms with E-state index in [-0.39, 0.29) is 6.61 Å². The van der Waals surface area contributed by atoms with E-state index in [1.165, 1.54) is 0 Å². The smallest absolute Gasteiger partial charge is 0.0681 e. The third kappa shape index (κ3) is 3.45. The molecule has 0 bridgehead atoms. The topological polar surface area (TPSA) is 45.2 Å². The summed E-state index contributed by atoms with van der Waals surface area (Å²) in [5.41, 5.74) is 4.77. The molecule has 0 aliphatic rings. The Kier molecular flexibility index (Phi) is 4.37. The molecule has 0 atom stereocenters. The van der Waals surface area contributed by atoms with Crippen LogP contribution in [0.2, 0.25) is 5.02 Å². The summed E-state index contributed by atoms with van der Waals surface area (Å²) in [4.78, 5) is 4.28. The second kappa shape index (κ2) is 6.60. The Labute approximate surface area is 134 Å². The number of benzene rings is 2. The molecule has 0 spiro atoms. The largest absolute Gasteiger partial charge is 0.392 e. The van der Waals surface area contributed by atoms with Gasteiger partial charge in [0.25, 0.3) is 0 Å². The number of pyridine rings is 1. The van der Waals surface area contributed by atoms with Crippen molar-refractivity contribution >= 4 is 23.0 Å². The second-order valence-corrected chi connectivity index (χ2v) is 5.39. The molecule has 110 valence electrons. The Hall–Kier alpha value is -2.36. The molecule has 3 nitrogen and oxygen atoms in total. The van der Waals surface area contributed by atoms with E-state index in [0.29, 0.717) is 5.02 Å². The van der Waals surface area contributed by atoms with Crippen molar-refractivity contribution < 1.29 is 5.11 Å². The molecule has 0 radical (unpaired) electrons. The number of halogens is 1. The number of hydrogen-bond acceptors (Lipinski definition) is 3. The SMILES string of the molecule is OCc1ccc(-c2cncc(Nc3cccc(Cl)c3)c2)cc1. The van der Waals surface area contributed by atoms with Crippen molar-refractivity contribution in [2.75, 3.05) is 5.32 Å². The number of hydrogen-bond donors (Lipinski definition) is 2. The molecule has 0 fully saturated rings. The number of aliphatic hydroxyl groups is 1. The van der Waals surface area contributed by atoms with Crippen molar-refractivity contribution in [3.05, 3.63) is 77.6 Å². The first kappa shape index (κ1) is 14.6. The average molecular weight is 311 g/mol. The predicted octanol–water partition coefficient (Wildman–Crippen LogP) is 4.64. The van der Waals surface area contributed by atoms with E-state index in [0.717, 1.165) is 28.1 Å². The second-order valence-electron chi connectivity index (χ2n) is 4.95. The van der Waals surface area contributed by atoms with Gasteiger partial charge in [0, 0.05) is 22.5 Å². The summed E-state index contributed by atoms with van der Waals surface area (Å²) in [6.07, 6.45) is 3.59. The highest BCUT2D eigenvalue weighted by Gasteiger charge is 2.02. The number of aromatic nitrogens is 1. The van der Waals surface area contributed by atoms with Crippen LogP contribution in [0, 0.1) is 0 Å². The fourth-order valence-corrected chi connectivity index (χ4v) is 2.39. The molecule has 0 aliphatic heterocycles. The van der Waals surface area contributed by atoms with Gasteiger partial charge in [-0.25, -0.2) is 0 Å². The highest BCUT2D eigenvalue weighted by molar-refractivity contribution is 6.30. The lowest BCUT2D eigenvalue weighted by molar-refractivity contribution is 0.282. The van der Waals surface area contributed by atoms with E-state index >= 15 is 0 Å². The summed E-state index contributed by atoms with van der Waals surface area (Å²) in [6.45, 7) is 0.0505. The van der Waals surface area contributed by atoms with E-state index in [4.69, 9.17) is 16.7 Å². The lowest BCUT2D eigenvalue weighted by atomic mass is 10.1. The number of nitrogens with one attached hydrogen (secondary N) is 1. The molecule has 22 heavy (non-hydrogen) atoms. The zero-order valence-corrected chi connectivity index (χ0v) is 12.6. The van der Waals surface area contributed by atoms with Gasteiger partial charge < -0.3 is 10.4 Å². The van der Waals surface area contributed by atoms with Gasteiger partial charge in [-0.3, -0.25) is 4.98 Å². The van der Waals surface area contributed by atoms with E-state index < -0.39 is 0 Å². The van der Waals surface area contributed by atoms with E-state index in [1.54, 1.807) is 6.20 Å².